The lowest BCUT2D eigenvalue weighted by Gasteiger charge is -2.33. The minimum atomic E-state index is -4.32. The van der Waals surface area contributed by atoms with E-state index in [0.29, 0.717) is 18.4 Å². The second-order valence-electron chi connectivity index (χ2n) is 5.75. The van der Waals surface area contributed by atoms with Gasteiger partial charge in [-0.2, -0.15) is 13.2 Å². The van der Waals surface area contributed by atoms with E-state index >= 15 is 0 Å². The molecule has 0 spiro atoms. The Labute approximate surface area is 121 Å². The summed E-state index contributed by atoms with van der Waals surface area (Å²) in [4.78, 5) is 12.9. The number of benzene rings is 1. The molecule has 1 aliphatic carbocycles. The maximum Gasteiger partial charge on any atom is 0.401 e. The molecule has 1 fully saturated rings. The fourth-order valence-electron chi connectivity index (χ4n) is 2.48. The van der Waals surface area contributed by atoms with Gasteiger partial charge in [-0.1, -0.05) is 30.3 Å². The van der Waals surface area contributed by atoms with E-state index in [-0.39, 0.29) is 12.6 Å². The van der Waals surface area contributed by atoms with Crippen molar-refractivity contribution in [1.82, 2.24) is 4.90 Å². The van der Waals surface area contributed by atoms with Crippen LogP contribution >= 0.6 is 0 Å². The van der Waals surface area contributed by atoms with Gasteiger partial charge in [0.1, 0.15) is 5.41 Å². The molecule has 0 amide bonds. The first-order valence-electron chi connectivity index (χ1n) is 6.82. The first kappa shape index (κ1) is 15.8. The molecule has 1 aliphatic rings. The summed E-state index contributed by atoms with van der Waals surface area (Å²) in [7, 11) is 0. The summed E-state index contributed by atoms with van der Waals surface area (Å²) in [5.74, 6) is -1.11. The third kappa shape index (κ3) is 3.97. The number of halogens is 3. The maximum absolute atomic E-state index is 12.7. The Morgan fingerprint density at radius 2 is 1.81 bits per heavy atom. The molecule has 21 heavy (non-hydrogen) atoms. The van der Waals surface area contributed by atoms with E-state index in [1.54, 1.807) is 30.3 Å². The number of carbonyl (C=O) groups is 1. The second-order valence-corrected chi connectivity index (χ2v) is 5.75. The summed E-state index contributed by atoms with van der Waals surface area (Å²) in [6.45, 7) is 0.278. The average molecular weight is 301 g/mol. The minimum Gasteiger partial charge on any atom is -0.481 e. The van der Waals surface area contributed by atoms with E-state index in [1.807, 2.05) is 0 Å². The minimum absolute atomic E-state index is 0.142. The molecule has 0 aromatic heterocycles. The highest BCUT2D eigenvalue weighted by Crippen LogP contribution is 2.34. The summed E-state index contributed by atoms with van der Waals surface area (Å²) in [5, 5.41) is 9.53. The van der Waals surface area contributed by atoms with Crippen molar-refractivity contribution in [3.05, 3.63) is 35.9 Å². The summed E-state index contributed by atoms with van der Waals surface area (Å²) in [6, 6.07) is 8.28. The van der Waals surface area contributed by atoms with Crippen molar-refractivity contribution in [2.75, 3.05) is 13.1 Å². The number of nitrogens with zero attached hydrogens (tertiary/aromatic N) is 1. The van der Waals surface area contributed by atoms with E-state index < -0.39 is 24.1 Å². The molecule has 3 nitrogen and oxygen atoms in total. The number of rotatable bonds is 6. The second kappa shape index (κ2) is 5.67. The van der Waals surface area contributed by atoms with E-state index in [2.05, 4.69) is 0 Å². The van der Waals surface area contributed by atoms with Gasteiger partial charge in [-0.3, -0.25) is 9.69 Å². The first-order chi connectivity index (χ1) is 9.72. The maximum atomic E-state index is 12.7. The van der Waals surface area contributed by atoms with Gasteiger partial charge >= 0.3 is 12.1 Å². The zero-order chi connectivity index (χ0) is 15.7. The molecule has 1 N–H and O–H groups in total. The molecule has 1 aromatic carbocycles. The zero-order valence-electron chi connectivity index (χ0n) is 11.7. The Morgan fingerprint density at radius 1 is 1.24 bits per heavy atom. The number of carboxylic acids is 1. The lowest BCUT2D eigenvalue weighted by atomic mass is 9.82. The van der Waals surface area contributed by atoms with Crippen LogP contribution in [0.25, 0.3) is 0 Å². The summed E-state index contributed by atoms with van der Waals surface area (Å²) in [5.41, 5.74) is -0.833. The van der Waals surface area contributed by atoms with Crippen molar-refractivity contribution in [1.29, 1.82) is 0 Å². The average Bonchev–Trinajstić information content (AvgIpc) is 3.21. The summed E-state index contributed by atoms with van der Waals surface area (Å²) >= 11 is 0. The van der Waals surface area contributed by atoms with E-state index in [4.69, 9.17) is 0 Å². The molecule has 0 bridgehead atoms. The van der Waals surface area contributed by atoms with Gasteiger partial charge in [0.2, 0.25) is 0 Å². The van der Waals surface area contributed by atoms with Crippen LogP contribution in [0.1, 0.15) is 25.3 Å². The van der Waals surface area contributed by atoms with Crippen LogP contribution in [-0.4, -0.2) is 41.3 Å². The number of aliphatic carboxylic acids is 1. The van der Waals surface area contributed by atoms with Crippen LogP contribution in [0, 0.1) is 0 Å². The highest BCUT2D eigenvalue weighted by Gasteiger charge is 2.44. The molecule has 116 valence electrons. The normalized spacial score (nSPS) is 18.5. The van der Waals surface area contributed by atoms with Crippen LogP contribution in [-0.2, 0) is 10.2 Å². The van der Waals surface area contributed by atoms with Crippen LogP contribution in [0.3, 0.4) is 0 Å². The summed E-state index contributed by atoms with van der Waals surface area (Å²) < 4.78 is 38.1. The Hall–Kier alpha value is -1.56. The third-order valence-corrected chi connectivity index (χ3v) is 3.85. The molecular formula is C15H18F3NO2. The van der Waals surface area contributed by atoms with Crippen molar-refractivity contribution in [2.45, 2.75) is 37.4 Å². The quantitative estimate of drug-likeness (QED) is 0.878. The molecule has 1 aromatic rings. The van der Waals surface area contributed by atoms with Crippen LogP contribution in [0.15, 0.2) is 30.3 Å². The number of hydrogen-bond donors (Lipinski definition) is 1. The highest BCUT2D eigenvalue weighted by molar-refractivity contribution is 5.81. The molecule has 0 radical (unpaired) electrons. The van der Waals surface area contributed by atoms with Crippen molar-refractivity contribution >= 4 is 5.97 Å². The van der Waals surface area contributed by atoms with Gasteiger partial charge in [0.15, 0.2) is 0 Å². The van der Waals surface area contributed by atoms with Crippen molar-refractivity contribution in [3.8, 4) is 0 Å². The third-order valence-electron chi connectivity index (χ3n) is 3.85. The van der Waals surface area contributed by atoms with Crippen LogP contribution < -0.4 is 0 Å². The molecule has 0 aliphatic heterocycles. The molecule has 1 atom stereocenters. The fourth-order valence-corrected chi connectivity index (χ4v) is 2.48. The van der Waals surface area contributed by atoms with Gasteiger partial charge in [-0.15, -0.1) is 0 Å². The monoisotopic (exact) mass is 301 g/mol. The van der Waals surface area contributed by atoms with Crippen molar-refractivity contribution in [3.63, 3.8) is 0 Å². The Bertz CT molecular complexity index is 499. The lowest BCUT2D eigenvalue weighted by molar-refractivity contribution is -0.156. The summed E-state index contributed by atoms with van der Waals surface area (Å²) in [6.07, 6.45) is -2.93. The largest absolute Gasteiger partial charge is 0.481 e. The van der Waals surface area contributed by atoms with Gasteiger partial charge in [-0.05, 0) is 25.3 Å². The Kier molecular flexibility index (Phi) is 4.27. The fraction of sp³-hybridized carbons (Fsp3) is 0.533. The molecule has 2 rings (SSSR count). The van der Waals surface area contributed by atoms with Crippen LogP contribution in [0.5, 0.6) is 0 Å². The van der Waals surface area contributed by atoms with E-state index in [1.165, 1.54) is 11.8 Å². The Balaban J connectivity index is 2.24. The molecule has 1 unspecified atom stereocenters. The number of hydrogen-bond acceptors (Lipinski definition) is 2. The van der Waals surface area contributed by atoms with Crippen molar-refractivity contribution < 1.29 is 23.1 Å². The van der Waals surface area contributed by atoms with Crippen LogP contribution in [0.4, 0.5) is 13.2 Å². The highest BCUT2D eigenvalue weighted by atomic mass is 19.4. The van der Waals surface area contributed by atoms with Gasteiger partial charge in [0.05, 0.1) is 6.54 Å². The van der Waals surface area contributed by atoms with E-state index in [0.717, 1.165) is 0 Å². The van der Waals surface area contributed by atoms with Gasteiger partial charge in [0, 0.05) is 12.6 Å². The molecular weight excluding hydrogens is 283 g/mol. The molecule has 0 saturated heterocycles. The molecule has 6 heteroatoms. The van der Waals surface area contributed by atoms with Gasteiger partial charge < -0.3 is 5.11 Å². The zero-order valence-corrected chi connectivity index (χ0v) is 11.7. The topological polar surface area (TPSA) is 40.5 Å². The smallest absolute Gasteiger partial charge is 0.401 e. The van der Waals surface area contributed by atoms with Gasteiger partial charge in [0.25, 0.3) is 0 Å². The number of carboxylic acid groups (broad SMARTS) is 1. The molecule has 1 saturated carbocycles. The Morgan fingerprint density at radius 3 is 2.24 bits per heavy atom. The van der Waals surface area contributed by atoms with E-state index in [9.17, 15) is 23.1 Å². The SMILES string of the molecule is CC(CN(CC(F)(F)F)C1CC1)(C(=O)O)c1ccccc1. The predicted octanol–water partition coefficient (Wildman–Crippen LogP) is 3.06. The van der Waals surface area contributed by atoms with Gasteiger partial charge in [-0.25, -0.2) is 0 Å². The molecule has 0 heterocycles. The first-order valence-corrected chi connectivity index (χ1v) is 6.82. The van der Waals surface area contributed by atoms with Crippen molar-refractivity contribution in [2.24, 2.45) is 0 Å². The number of alkyl halides is 3. The van der Waals surface area contributed by atoms with Crippen LogP contribution in [0.2, 0.25) is 0 Å². The predicted molar refractivity (Wildman–Crippen MR) is 72.1 cm³/mol. The lowest BCUT2D eigenvalue weighted by Crippen LogP contribution is -2.48. The standard InChI is InChI=1S/C15H18F3NO2/c1-14(13(20)21,11-5-3-2-4-6-11)9-19(12-7-8-12)10-15(16,17)18/h2-6,12H,7-10H2,1H3,(H,20,21).